The molecular weight excluding hydrogens is 218 g/mol. The van der Waals surface area contributed by atoms with Crippen LogP contribution in [0.25, 0.3) is 0 Å². The predicted octanol–water partition coefficient (Wildman–Crippen LogP) is 1.77. The van der Waals surface area contributed by atoms with Crippen LogP contribution in [0.4, 0.5) is 0 Å². The number of rotatable bonds is 5. The van der Waals surface area contributed by atoms with Gasteiger partial charge in [0.1, 0.15) is 17.2 Å². The SMILES string of the molecule is COc1cc(OC)c([C@H]2C[C@H]2CN)c(OC)c1. The highest BCUT2D eigenvalue weighted by Crippen LogP contribution is 2.54. The van der Waals surface area contributed by atoms with E-state index in [0.717, 1.165) is 29.2 Å². The smallest absolute Gasteiger partial charge is 0.129 e. The molecule has 4 nitrogen and oxygen atoms in total. The summed E-state index contributed by atoms with van der Waals surface area (Å²) >= 11 is 0. The summed E-state index contributed by atoms with van der Waals surface area (Å²) in [6, 6.07) is 3.79. The molecular formula is C13H19NO3. The van der Waals surface area contributed by atoms with Crippen LogP contribution in [0.5, 0.6) is 17.2 Å². The fourth-order valence-electron chi connectivity index (χ4n) is 2.26. The summed E-state index contributed by atoms with van der Waals surface area (Å²) in [6.45, 7) is 0.711. The first-order chi connectivity index (χ1) is 8.24. The standard InChI is InChI=1S/C13H19NO3/c1-15-9-5-11(16-2)13(12(6-9)17-3)10-4-8(10)7-14/h5-6,8,10H,4,7,14H2,1-3H3/t8-,10-/m0/s1. The minimum absolute atomic E-state index is 0.454. The Labute approximate surface area is 102 Å². The number of nitrogens with two attached hydrogens (primary N) is 1. The van der Waals surface area contributed by atoms with Gasteiger partial charge >= 0.3 is 0 Å². The van der Waals surface area contributed by atoms with Crippen molar-refractivity contribution in [1.29, 1.82) is 0 Å². The molecule has 94 valence electrons. The van der Waals surface area contributed by atoms with E-state index in [4.69, 9.17) is 19.9 Å². The molecule has 2 atom stereocenters. The molecule has 2 rings (SSSR count). The molecule has 0 radical (unpaired) electrons. The molecule has 0 saturated heterocycles. The van der Waals surface area contributed by atoms with Crippen molar-refractivity contribution in [2.45, 2.75) is 12.3 Å². The second-order valence-corrected chi connectivity index (χ2v) is 4.28. The van der Waals surface area contributed by atoms with E-state index in [-0.39, 0.29) is 0 Å². The summed E-state index contributed by atoms with van der Waals surface area (Å²) in [6.07, 6.45) is 1.11. The zero-order chi connectivity index (χ0) is 12.4. The number of hydrogen-bond acceptors (Lipinski definition) is 4. The van der Waals surface area contributed by atoms with Gasteiger partial charge in [0.15, 0.2) is 0 Å². The third-order valence-electron chi connectivity index (χ3n) is 3.35. The first-order valence-corrected chi connectivity index (χ1v) is 5.75. The van der Waals surface area contributed by atoms with Gasteiger partial charge in [0.25, 0.3) is 0 Å². The summed E-state index contributed by atoms with van der Waals surface area (Å²) in [4.78, 5) is 0. The van der Waals surface area contributed by atoms with Gasteiger partial charge in [-0.2, -0.15) is 0 Å². The van der Waals surface area contributed by atoms with Crippen LogP contribution in [0.3, 0.4) is 0 Å². The maximum Gasteiger partial charge on any atom is 0.129 e. The van der Waals surface area contributed by atoms with Crippen molar-refractivity contribution in [2.75, 3.05) is 27.9 Å². The minimum Gasteiger partial charge on any atom is -0.496 e. The highest BCUT2D eigenvalue weighted by atomic mass is 16.5. The third-order valence-corrected chi connectivity index (χ3v) is 3.35. The van der Waals surface area contributed by atoms with Crippen molar-refractivity contribution in [3.63, 3.8) is 0 Å². The van der Waals surface area contributed by atoms with Crippen LogP contribution in [0.2, 0.25) is 0 Å². The Balaban J connectivity index is 2.41. The van der Waals surface area contributed by atoms with Gasteiger partial charge in [0, 0.05) is 17.7 Å². The first-order valence-electron chi connectivity index (χ1n) is 5.75. The van der Waals surface area contributed by atoms with Crippen molar-refractivity contribution in [3.05, 3.63) is 17.7 Å². The molecule has 1 aromatic carbocycles. The molecule has 1 saturated carbocycles. The molecule has 17 heavy (non-hydrogen) atoms. The molecule has 0 spiro atoms. The monoisotopic (exact) mass is 237 g/mol. The molecule has 2 N–H and O–H groups in total. The lowest BCUT2D eigenvalue weighted by atomic mass is 10.1. The lowest BCUT2D eigenvalue weighted by Gasteiger charge is -2.15. The quantitative estimate of drug-likeness (QED) is 0.848. The molecule has 1 aliphatic carbocycles. The first kappa shape index (κ1) is 12.0. The fourth-order valence-corrected chi connectivity index (χ4v) is 2.26. The molecule has 0 unspecified atom stereocenters. The largest absolute Gasteiger partial charge is 0.496 e. The molecule has 0 aliphatic heterocycles. The lowest BCUT2D eigenvalue weighted by molar-refractivity contribution is 0.368. The van der Waals surface area contributed by atoms with Crippen LogP contribution in [0.1, 0.15) is 17.9 Å². The Morgan fingerprint density at radius 3 is 2.06 bits per heavy atom. The van der Waals surface area contributed by atoms with Gasteiger partial charge in [-0.3, -0.25) is 0 Å². The Morgan fingerprint density at radius 1 is 1.12 bits per heavy atom. The van der Waals surface area contributed by atoms with Gasteiger partial charge in [-0.25, -0.2) is 0 Å². The van der Waals surface area contributed by atoms with Crippen LogP contribution in [0, 0.1) is 5.92 Å². The number of benzene rings is 1. The van der Waals surface area contributed by atoms with Gasteiger partial charge in [0.2, 0.25) is 0 Å². The van der Waals surface area contributed by atoms with Crippen LogP contribution in [-0.2, 0) is 0 Å². The topological polar surface area (TPSA) is 53.7 Å². The average molecular weight is 237 g/mol. The molecule has 1 aromatic rings. The summed E-state index contributed by atoms with van der Waals surface area (Å²) in [7, 11) is 4.96. The summed E-state index contributed by atoms with van der Waals surface area (Å²) in [5, 5.41) is 0. The summed E-state index contributed by atoms with van der Waals surface area (Å²) in [5.41, 5.74) is 6.81. The Morgan fingerprint density at radius 2 is 1.71 bits per heavy atom. The highest BCUT2D eigenvalue weighted by molar-refractivity contribution is 5.54. The van der Waals surface area contributed by atoms with Gasteiger partial charge in [0.05, 0.1) is 21.3 Å². The van der Waals surface area contributed by atoms with Crippen molar-refractivity contribution in [1.82, 2.24) is 0 Å². The van der Waals surface area contributed by atoms with Gasteiger partial charge in [-0.05, 0) is 24.8 Å². The van der Waals surface area contributed by atoms with E-state index in [9.17, 15) is 0 Å². The summed E-state index contributed by atoms with van der Waals surface area (Å²) < 4.78 is 16.1. The highest BCUT2D eigenvalue weighted by Gasteiger charge is 2.41. The minimum atomic E-state index is 0.454. The third kappa shape index (κ3) is 2.17. The maximum atomic E-state index is 5.69. The maximum absolute atomic E-state index is 5.69. The van der Waals surface area contributed by atoms with Crippen molar-refractivity contribution >= 4 is 0 Å². The zero-order valence-corrected chi connectivity index (χ0v) is 10.5. The van der Waals surface area contributed by atoms with E-state index in [0.29, 0.717) is 18.4 Å². The molecule has 0 bridgehead atoms. The average Bonchev–Trinajstić information content (AvgIpc) is 3.15. The number of methoxy groups -OCH3 is 3. The molecule has 0 amide bonds. The van der Waals surface area contributed by atoms with Crippen LogP contribution in [0.15, 0.2) is 12.1 Å². The van der Waals surface area contributed by atoms with E-state index in [1.165, 1.54) is 0 Å². The second kappa shape index (κ2) is 4.84. The van der Waals surface area contributed by atoms with E-state index < -0.39 is 0 Å². The number of ether oxygens (including phenoxy) is 3. The molecule has 4 heteroatoms. The van der Waals surface area contributed by atoms with Crippen molar-refractivity contribution in [3.8, 4) is 17.2 Å². The zero-order valence-electron chi connectivity index (χ0n) is 10.5. The van der Waals surface area contributed by atoms with E-state index in [2.05, 4.69) is 0 Å². The van der Waals surface area contributed by atoms with E-state index in [1.807, 2.05) is 12.1 Å². The number of hydrogen-bond donors (Lipinski definition) is 1. The van der Waals surface area contributed by atoms with Crippen molar-refractivity contribution in [2.24, 2.45) is 11.7 Å². The summed E-state index contributed by atoms with van der Waals surface area (Å²) in [5.74, 6) is 3.39. The Kier molecular flexibility index (Phi) is 3.43. The second-order valence-electron chi connectivity index (χ2n) is 4.28. The Bertz CT molecular complexity index is 381. The van der Waals surface area contributed by atoms with Crippen molar-refractivity contribution < 1.29 is 14.2 Å². The molecule has 0 heterocycles. The van der Waals surface area contributed by atoms with Crippen LogP contribution in [-0.4, -0.2) is 27.9 Å². The van der Waals surface area contributed by atoms with Gasteiger partial charge in [-0.15, -0.1) is 0 Å². The molecule has 0 aromatic heterocycles. The van der Waals surface area contributed by atoms with Crippen LogP contribution < -0.4 is 19.9 Å². The van der Waals surface area contributed by atoms with Crippen LogP contribution >= 0.6 is 0 Å². The molecule has 1 aliphatic rings. The van der Waals surface area contributed by atoms with E-state index >= 15 is 0 Å². The van der Waals surface area contributed by atoms with Gasteiger partial charge in [-0.1, -0.05) is 0 Å². The predicted molar refractivity (Wildman–Crippen MR) is 66.0 cm³/mol. The Hall–Kier alpha value is -1.42. The normalized spacial score (nSPS) is 22.1. The van der Waals surface area contributed by atoms with E-state index in [1.54, 1.807) is 21.3 Å². The fraction of sp³-hybridized carbons (Fsp3) is 0.538. The van der Waals surface area contributed by atoms with Gasteiger partial charge < -0.3 is 19.9 Å². The molecule has 1 fully saturated rings. The lowest BCUT2D eigenvalue weighted by Crippen LogP contribution is -2.04.